The number of carboxylic acids is 1. The zero-order chi connectivity index (χ0) is 26.6. The predicted octanol–water partition coefficient (Wildman–Crippen LogP) is 6.85. The number of fused-ring (bicyclic) bond motifs is 1. The summed E-state index contributed by atoms with van der Waals surface area (Å²) in [5.74, 6) is 0.191. The molecular weight excluding hydrogens is 502 g/mol. The number of hydrogen-bond donors (Lipinski definition) is 2. The maximum Gasteiger partial charge on any atom is 0.337 e. The number of benzene rings is 2. The van der Waals surface area contributed by atoms with Crippen LogP contribution in [0.4, 0.5) is 0 Å². The smallest absolute Gasteiger partial charge is 0.337 e. The van der Waals surface area contributed by atoms with Gasteiger partial charge in [0.15, 0.2) is 0 Å². The summed E-state index contributed by atoms with van der Waals surface area (Å²) in [5, 5.41) is 13.6. The van der Waals surface area contributed by atoms with Crippen LogP contribution in [0.2, 0.25) is 5.02 Å². The van der Waals surface area contributed by atoms with E-state index < -0.39 is 5.97 Å². The molecule has 1 aliphatic rings. The minimum Gasteiger partial charge on any atom is -0.478 e. The second kappa shape index (κ2) is 12.0. The predicted molar refractivity (Wildman–Crippen MR) is 153 cm³/mol. The Hall–Kier alpha value is -2.38. The molecule has 7 heteroatoms. The Kier molecular flexibility index (Phi) is 8.96. The lowest BCUT2D eigenvalue weighted by Gasteiger charge is -2.31. The number of carbonyl (C=O) groups is 1. The van der Waals surface area contributed by atoms with E-state index in [0.717, 1.165) is 23.5 Å². The van der Waals surface area contributed by atoms with Crippen LogP contribution < -0.4 is 5.32 Å². The standard InChI is InChI=1S/C30H36ClN3O2S/c1-20(16-33-30(2,3)15-21-11-22-7-5-6-8-23(22)12-21)19-34(4)37-26-9-10-27(28(31)14-26)24-13-25(29(35)36)18-32-17-24/h5-10,13-14,17-18,20-21,33H,11-12,15-16,19H2,1-4H3,(H,35,36)/t20-/m1/s1. The molecule has 196 valence electrons. The van der Waals surface area contributed by atoms with Crippen LogP contribution in [0.15, 0.2) is 65.8 Å². The van der Waals surface area contributed by atoms with Crippen molar-refractivity contribution in [2.75, 3.05) is 20.1 Å². The van der Waals surface area contributed by atoms with Crippen LogP contribution in [-0.4, -0.2) is 46.0 Å². The molecule has 1 aliphatic carbocycles. The first-order chi connectivity index (χ1) is 17.6. The Bertz CT molecular complexity index is 1220. The number of rotatable bonds is 11. The van der Waals surface area contributed by atoms with Crippen molar-refractivity contribution in [3.63, 3.8) is 0 Å². The molecule has 37 heavy (non-hydrogen) atoms. The molecule has 3 aromatic rings. The highest BCUT2D eigenvalue weighted by atomic mass is 35.5. The average Bonchev–Trinajstić information content (AvgIpc) is 3.24. The van der Waals surface area contributed by atoms with Gasteiger partial charge in [-0.1, -0.05) is 48.9 Å². The highest BCUT2D eigenvalue weighted by Crippen LogP contribution is 2.34. The van der Waals surface area contributed by atoms with Gasteiger partial charge in [0.05, 0.1) is 5.56 Å². The minimum absolute atomic E-state index is 0.100. The van der Waals surface area contributed by atoms with Crippen molar-refractivity contribution in [1.29, 1.82) is 0 Å². The van der Waals surface area contributed by atoms with E-state index in [-0.39, 0.29) is 11.1 Å². The summed E-state index contributed by atoms with van der Waals surface area (Å²) in [6.07, 6.45) is 6.53. The molecule has 4 rings (SSSR count). The molecule has 0 unspecified atom stereocenters. The third-order valence-corrected chi connectivity index (χ3v) is 8.17. The fourth-order valence-electron chi connectivity index (χ4n) is 5.25. The molecule has 2 N–H and O–H groups in total. The van der Waals surface area contributed by atoms with E-state index >= 15 is 0 Å². The average molecular weight is 538 g/mol. The topological polar surface area (TPSA) is 65.5 Å². The van der Waals surface area contributed by atoms with E-state index in [1.165, 1.54) is 36.6 Å². The van der Waals surface area contributed by atoms with Crippen molar-refractivity contribution in [3.05, 3.63) is 82.6 Å². The second-order valence-electron chi connectivity index (χ2n) is 10.9. The summed E-state index contributed by atoms with van der Waals surface area (Å²) in [6, 6.07) is 16.3. The molecule has 1 aromatic heterocycles. The maximum absolute atomic E-state index is 11.3. The summed E-state index contributed by atoms with van der Waals surface area (Å²) in [7, 11) is 2.10. The van der Waals surface area contributed by atoms with E-state index in [1.54, 1.807) is 24.2 Å². The Morgan fingerprint density at radius 2 is 1.89 bits per heavy atom. The molecule has 0 radical (unpaired) electrons. The molecular formula is C30H36ClN3O2S. The zero-order valence-electron chi connectivity index (χ0n) is 22.0. The maximum atomic E-state index is 11.3. The van der Waals surface area contributed by atoms with E-state index in [9.17, 15) is 9.90 Å². The Balaban J connectivity index is 1.25. The SMILES string of the molecule is C[C@H](CNC(C)(C)CC1Cc2ccccc2C1)CN(C)Sc1ccc(-c2cncc(C(=O)O)c2)c(Cl)c1. The van der Waals surface area contributed by atoms with Crippen LogP contribution in [0.3, 0.4) is 0 Å². The molecule has 0 amide bonds. The molecule has 2 aromatic carbocycles. The van der Waals surface area contributed by atoms with Crippen molar-refractivity contribution in [2.24, 2.45) is 11.8 Å². The van der Waals surface area contributed by atoms with Gasteiger partial charge in [-0.05, 0) is 99.8 Å². The molecule has 0 saturated carbocycles. The molecule has 0 saturated heterocycles. The van der Waals surface area contributed by atoms with E-state index in [0.29, 0.717) is 22.4 Å². The Labute approximate surface area is 229 Å². The number of pyridine rings is 1. The van der Waals surface area contributed by atoms with Gasteiger partial charge >= 0.3 is 5.97 Å². The summed E-state index contributed by atoms with van der Waals surface area (Å²) >= 11 is 8.23. The van der Waals surface area contributed by atoms with Crippen LogP contribution in [0.5, 0.6) is 0 Å². The molecule has 1 atom stereocenters. The van der Waals surface area contributed by atoms with Crippen LogP contribution in [0, 0.1) is 11.8 Å². The lowest BCUT2D eigenvalue weighted by molar-refractivity contribution is 0.0696. The van der Waals surface area contributed by atoms with E-state index in [1.807, 2.05) is 18.2 Å². The van der Waals surface area contributed by atoms with Gasteiger partial charge in [-0.2, -0.15) is 0 Å². The van der Waals surface area contributed by atoms with Crippen molar-refractivity contribution in [3.8, 4) is 11.1 Å². The van der Waals surface area contributed by atoms with Gasteiger partial charge in [-0.3, -0.25) is 4.98 Å². The molecule has 0 bridgehead atoms. The number of nitrogens with zero attached hydrogens (tertiary/aromatic N) is 2. The first-order valence-corrected chi connectivity index (χ1v) is 13.9. The van der Waals surface area contributed by atoms with Crippen LogP contribution in [-0.2, 0) is 12.8 Å². The largest absolute Gasteiger partial charge is 0.478 e. The van der Waals surface area contributed by atoms with Crippen LogP contribution >= 0.6 is 23.5 Å². The highest BCUT2D eigenvalue weighted by Gasteiger charge is 2.28. The normalized spacial score (nSPS) is 14.6. The third kappa shape index (κ3) is 7.57. The zero-order valence-corrected chi connectivity index (χ0v) is 23.6. The van der Waals surface area contributed by atoms with Crippen LogP contribution in [0.1, 0.15) is 48.7 Å². The number of nitrogens with one attached hydrogen (secondary N) is 1. The summed E-state index contributed by atoms with van der Waals surface area (Å²) < 4.78 is 2.24. The molecule has 0 fully saturated rings. The van der Waals surface area contributed by atoms with Crippen LogP contribution in [0.25, 0.3) is 11.1 Å². The van der Waals surface area contributed by atoms with Crippen molar-refractivity contribution in [2.45, 2.75) is 50.5 Å². The van der Waals surface area contributed by atoms with E-state index in [4.69, 9.17) is 11.6 Å². The van der Waals surface area contributed by atoms with Gasteiger partial charge in [-0.25, -0.2) is 9.10 Å². The number of halogens is 1. The first-order valence-electron chi connectivity index (χ1n) is 12.8. The van der Waals surface area contributed by atoms with Gasteiger partial charge < -0.3 is 10.4 Å². The van der Waals surface area contributed by atoms with Gasteiger partial charge in [0.25, 0.3) is 0 Å². The van der Waals surface area contributed by atoms with Crippen molar-refractivity contribution in [1.82, 2.24) is 14.6 Å². The first kappa shape index (κ1) is 27.6. The molecule has 1 heterocycles. The lowest BCUT2D eigenvalue weighted by Crippen LogP contribution is -2.44. The Morgan fingerprint density at radius 3 is 2.54 bits per heavy atom. The molecule has 0 spiro atoms. The quantitative estimate of drug-likeness (QED) is 0.261. The van der Waals surface area contributed by atoms with E-state index in [2.05, 4.69) is 66.7 Å². The second-order valence-corrected chi connectivity index (χ2v) is 12.6. The highest BCUT2D eigenvalue weighted by molar-refractivity contribution is 7.97. The third-order valence-electron chi connectivity index (χ3n) is 6.93. The lowest BCUT2D eigenvalue weighted by atomic mass is 9.88. The molecule has 5 nitrogen and oxygen atoms in total. The number of hydrogen-bond acceptors (Lipinski definition) is 5. The van der Waals surface area contributed by atoms with Crippen molar-refractivity contribution >= 4 is 29.5 Å². The number of aromatic carboxylic acids is 1. The van der Waals surface area contributed by atoms with Gasteiger partial charge in [0.2, 0.25) is 0 Å². The summed E-state index contributed by atoms with van der Waals surface area (Å²) in [5.41, 5.74) is 4.75. The monoisotopic (exact) mass is 537 g/mol. The van der Waals surface area contributed by atoms with Gasteiger partial charge in [-0.15, -0.1) is 0 Å². The fourth-order valence-corrected chi connectivity index (χ4v) is 6.59. The van der Waals surface area contributed by atoms with Gasteiger partial charge in [0, 0.05) is 45.5 Å². The summed E-state index contributed by atoms with van der Waals surface area (Å²) in [4.78, 5) is 16.3. The molecule has 0 aliphatic heterocycles. The van der Waals surface area contributed by atoms with Gasteiger partial charge in [0.1, 0.15) is 0 Å². The number of aromatic nitrogens is 1. The Morgan fingerprint density at radius 1 is 1.19 bits per heavy atom. The van der Waals surface area contributed by atoms with Crippen molar-refractivity contribution < 1.29 is 9.90 Å². The minimum atomic E-state index is -1.00. The number of carboxylic acid groups (broad SMARTS) is 1. The summed E-state index contributed by atoms with van der Waals surface area (Å²) in [6.45, 7) is 8.83. The fraction of sp³-hybridized carbons (Fsp3) is 0.400.